The van der Waals surface area contributed by atoms with Crippen LogP contribution in [0.3, 0.4) is 0 Å². The molecule has 27 heavy (non-hydrogen) atoms. The molecule has 0 N–H and O–H groups in total. The molecule has 0 radical (unpaired) electrons. The summed E-state index contributed by atoms with van der Waals surface area (Å²) in [5, 5.41) is 0. The van der Waals surface area contributed by atoms with Crippen molar-refractivity contribution >= 4 is 29.3 Å². The van der Waals surface area contributed by atoms with Gasteiger partial charge in [0.2, 0.25) is 5.91 Å². The van der Waals surface area contributed by atoms with Crippen molar-refractivity contribution in [1.29, 1.82) is 0 Å². The highest BCUT2D eigenvalue weighted by Gasteiger charge is 2.59. The first-order valence-corrected chi connectivity index (χ1v) is 10.6. The first-order valence-electron chi connectivity index (χ1n) is 9.62. The van der Waals surface area contributed by atoms with Crippen LogP contribution >= 0.6 is 11.8 Å². The molecule has 1 saturated heterocycles. The number of para-hydroxylation sites is 1. The van der Waals surface area contributed by atoms with Gasteiger partial charge in [0.1, 0.15) is 0 Å². The second-order valence-corrected chi connectivity index (χ2v) is 8.79. The average Bonchev–Trinajstić information content (AvgIpc) is 3.19. The number of carbonyl (C=O) groups excluding carboxylic acids is 2. The summed E-state index contributed by atoms with van der Waals surface area (Å²) in [6, 6.07) is 18.0. The Hall–Kier alpha value is -2.27. The number of benzene rings is 2. The van der Waals surface area contributed by atoms with Crippen LogP contribution in [0.1, 0.15) is 30.4 Å². The number of hydrogen-bond donors (Lipinski definition) is 0. The van der Waals surface area contributed by atoms with E-state index in [2.05, 4.69) is 0 Å². The molecule has 1 spiro atoms. The van der Waals surface area contributed by atoms with E-state index >= 15 is 0 Å². The predicted molar refractivity (Wildman–Crippen MR) is 107 cm³/mol. The molecule has 2 heterocycles. The quantitative estimate of drug-likeness (QED) is 0.816. The Kier molecular flexibility index (Phi) is 4.01. The van der Waals surface area contributed by atoms with Gasteiger partial charge in [-0.15, -0.1) is 11.8 Å². The Bertz CT molecular complexity index is 896. The molecule has 2 aromatic rings. The maximum atomic E-state index is 13.7. The van der Waals surface area contributed by atoms with E-state index in [1.165, 1.54) is 0 Å². The predicted octanol–water partition coefficient (Wildman–Crippen LogP) is 3.76. The molecule has 2 aromatic carbocycles. The summed E-state index contributed by atoms with van der Waals surface area (Å²) in [6.45, 7) is 1.18. The maximum Gasteiger partial charge on any atom is 0.268 e. The largest absolute Gasteiger partial charge is 0.315 e. The summed E-state index contributed by atoms with van der Waals surface area (Å²) in [7, 11) is 0. The number of thioether (sulfide) groups is 1. The summed E-state index contributed by atoms with van der Waals surface area (Å²) < 4.78 is 0. The number of amides is 2. The first-order chi connectivity index (χ1) is 13.2. The van der Waals surface area contributed by atoms with Gasteiger partial charge in [0, 0.05) is 23.8 Å². The lowest BCUT2D eigenvalue weighted by molar-refractivity contribution is -0.145. The van der Waals surface area contributed by atoms with Crippen molar-refractivity contribution < 1.29 is 9.59 Å². The highest BCUT2D eigenvalue weighted by atomic mass is 32.2. The van der Waals surface area contributed by atoms with Gasteiger partial charge in [0.25, 0.3) is 5.91 Å². The molecule has 4 nitrogen and oxygen atoms in total. The number of anilines is 1. The Labute approximate surface area is 163 Å². The van der Waals surface area contributed by atoms with Gasteiger partial charge in [-0.3, -0.25) is 9.59 Å². The standard InChI is InChI=1S/C22H22N2O2S/c25-20(17-9-6-10-17)24-13-14-27-22(24)18-11-4-5-12-19(18)23(21(22)26)15-16-7-2-1-3-8-16/h1-5,7-8,11-12,17H,6,9-10,13-15H2/t22-/m0/s1. The van der Waals surface area contributed by atoms with Crippen LogP contribution in [0, 0.1) is 5.92 Å². The normalized spacial score (nSPS) is 24.4. The molecule has 2 amide bonds. The third kappa shape index (κ3) is 2.44. The van der Waals surface area contributed by atoms with Crippen LogP contribution in [0.2, 0.25) is 0 Å². The van der Waals surface area contributed by atoms with Gasteiger partial charge < -0.3 is 9.80 Å². The second kappa shape index (κ2) is 6.41. The van der Waals surface area contributed by atoms with Crippen LogP contribution < -0.4 is 4.90 Å². The number of hydrogen-bond acceptors (Lipinski definition) is 3. The molecule has 2 fully saturated rings. The third-order valence-electron chi connectivity index (χ3n) is 6.00. The summed E-state index contributed by atoms with van der Waals surface area (Å²) in [5.41, 5.74) is 3.01. The Morgan fingerprint density at radius 3 is 2.56 bits per heavy atom. The van der Waals surface area contributed by atoms with Crippen molar-refractivity contribution in [3.63, 3.8) is 0 Å². The second-order valence-electron chi connectivity index (χ2n) is 7.50. The van der Waals surface area contributed by atoms with Crippen molar-refractivity contribution in [2.75, 3.05) is 17.2 Å². The van der Waals surface area contributed by atoms with Gasteiger partial charge in [-0.1, -0.05) is 55.0 Å². The molecular weight excluding hydrogens is 356 g/mol. The minimum Gasteiger partial charge on any atom is -0.315 e. The third-order valence-corrected chi connectivity index (χ3v) is 7.42. The van der Waals surface area contributed by atoms with E-state index in [0.717, 1.165) is 41.8 Å². The average molecular weight is 378 g/mol. The molecule has 1 atom stereocenters. The Morgan fingerprint density at radius 2 is 1.81 bits per heavy atom. The monoisotopic (exact) mass is 378 g/mol. The SMILES string of the molecule is O=C(C1CCC1)N1CCS[C@@]12C(=O)N(Cc1ccccc1)c1ccccc12. The van der Waals surface area contributed by atoms with Crippen molar-refractivity contribution in [2.45, 2.75) is 30.7 Å². The van der Waals surface area contributed by atoms with Crippen LogP contribution in [0.5, 0.6) is 0 Å². The molecule has 1 saturated carbocycles. The summed E-state index contributed by atoms with van der Waals surface area (Å²) in [4.78, 5) is 29.8. The summed E-state index contributed by atoms with van der Waals surface area (Å²) in [6.07, 6.45) is 3.04. The molecule has 0 aromatic heterocycles. The van der Waals surface area contributed by atoms with E-state index in [0.29, 0.717) is 13.1 Å². The fraction of sp³-hybridized carbons (Fsp3) is 0.364. The molecule has 5 heteroatoms. The smallest absolute Gasteiger partial charge is 0.268 e. The summed E-state index contributed by atoms with van der Waals surface area (Å²) in [5.74, 6) is 1.10. The van der Waals surface area contributed by atoms with Crippen LogP contribution in [0.15, 0.2) is 54.6 Å². The van der Waals surface area contributed by atoms with E-state index in [1.807, 2.05) is 64.4 Å². The van der Waals surface area contributed by atoms with Gasteiger partial charge in [0.05, 0.1) is 12.2 Å². The Morgan fingerprint density at radius 1 is 1.07 bits per heavy atom. The highest BCUT2D eigenvalue weighted by Crippen LogP contribution is 2.55. The van der Waals surface area contributed by atoms with Crippen LogP contribution in [0.25, 0.3) is 0 Å². The molecule has 0 bridgehead atoms. The first kappa shape index (κ1) is 16.9. The fourth-order valence-corrected chi connectivity index (χ4v) is 5.86. The van der Waals surface area contributed by atoms with E-state index < -0.39 is 4.87 Å². The molecule has 0 unspecified atom stereocenters. The zero-order chi connectivity index (χ0) is 18.4. The van der Waals surface area contributed by atoms with Gasteiger partial charge in [-0.2, -0.15) is 0 Å². The minimum absolute atomic E-state index is 0.0303. The number of rotatable bonds is 3. The van der Waals surface area contributed by atoms with Crippen molar-refractivity contribution in [2.24, 2.45) is 5.92 Å². The van der Waals surface area contributed by atoms with Crippen LogP contribution in [0.4, 0.5) is 5.69 Å². The molecule has 3 aliphatic rings. The number of nitrogens with zero attached hydrogens (tertiary/aromatic N) is 2. The fourth-order valence-electron chi connectivity index (χ4n) is 4.39. The highest BCUT2D eigenvalue weighted by molar-refractivity contribution is 8.01. The maximum absolute atomic E-state index is 13.7. The van der Waals surface area contributed by atoms with Gasteiger partial charge in [-0.25, -0.2) is 0 Å². The zero-order valence-corrected chi connectivity index (χ0v) is 16.0. The summed E-state index contributed by atoms with van der Waals surface area (Å²) >= 11 is 1.62. The van der Waals surface area contributed by atoms with Crippen molar-refractivity contribution in [3.05, 3.63) is 65.7 Å². The lowest BCUT2D eigenvalue weighted by atomic mass is 9.84. The lowest BCUT2D eigenvalue weighted by Gasteiger charge is -2.37. The van der Waals surface area contributed by atoms with E-state index in [-0.39, 0.29) is 17.7 Å². The minimum atomic E-state index is -0.877. The number of fused-ring (bicyclic) bond motifs is 2. The van der Waals surface area contributed by atoms with Gasteiger partial charge >= 0.3 is 0 Å². The van der Waals surface area contributed by atoms with E-state index in [4.69, 9.17) is 0 Å². The molecular formula is C22H22N2O2S. The van der Waals surface area contributed by atoms with Crippen molar-refractivity contribution in [1.82, 2.24) is 4.90 Å². The molecule has 138 valence electrons. The lowest BCUT2D eigenvalue weighted by Crippen LogP contribution is -2.52. The van der Waals surface area contributed by atoms with E-state index in [9.17, 15) is 9.59 Å². The topological polar surface area (TPSA) is 40.6 Å². The molecule has 2 aliphatic heterocycles. The van der Waals surface area contributed by atoms with Crippen LogP contribution in [-0.4, -0.2) is 29.0 Å². The Balaban J connectivity index is 1.56. The van der Waals surface area contributed by atoms with Gasteiger partial charge in [0.15, 0.2) is 4.87 Å². The molecule has 5 rings (SSSR count). The van der Waals surface area contributed by atoms with Crippen LogP contribution in [-0.2, 0) is 21.0 Å². The van der Waals surface area contributed by atoms with E-state index in [1.54, 1.807) is 11.8 Å². The van der Waals surface area contributed by atoms with Gasteiger partial charge in [-0.05, 0) is 24.5 Å². The number of carbonyl (C=O) groups is 2. The molecule has 1 aliphatic carbocycles. The zero-order valence-electron chi connectivity index (χ0n) is 15.1. The van der Waals surface area contributed by atoms with Crippen molar-refractivity contribution in [3.8, 4) is 0 Å².